The van der Waals surface area contributed by atoms with Crippen LogP contribution in [0.3, 0.4) is 0 Å². The Bertz CT molecular complexity index is 1120. The fraction of sp³-hybridized carbons (Fsp3) is 0.167. The molecule has 0 saturated carbocycles. The molecule has 0 spiro atoms. The lowest BCUT2D eigenvalue weighted by molar-refractivity contribution is 0.0992. The SMILES string of the molecule is Cc1ccc(CC(=O)c2ccc(C(=N)N(C)C)cc2)c(C(=O)Nc2ccc(Cl)cn2)c1. The molecule has 0 saturated heterocycles. The predicted molar refractivity (Wildman–Crippen MR) is 123 cm³/mol. The van der Waals surface area contributed by atoms with Crippen LogP contribution in [0.2, 0.25) is 5.02 Å². The van der Waals surface area contributed by atoms with Crippen LogP contribution in [0.4, 0.5) is 5.82 Å². The first-order valence-corrected chi connectivity index (χ1v) is 10.0. The van der Waals surface area contributed by atoms with Crippen molar-refractivity contribution in [3.05, 3.63) is 93.6 Å². The molecule has 1 aromatic heterocycles. The van der Waals surface area contributed by atoms with E-state index in [1.165, 1.54) is 6.20 Å². The van der Waals surface area contributed by atoms with Gasteiger partial charge in [0.05, 0.1) is 5.02 Å². The second-order valence-corrected chi connectivity index (χ2v) is 7.83. The summed E-state index contributed by atoms with van der Waals surface area (Å²) in [5.41, 5.74) is 3.23. The highest BCUT2D eigenvalue weighted by molar-refractivity contribution is 6.30. The third-order valence-corrected chi connectivity index (χ3v) is 4.98. The summed E-state index contributed by atoms with van der Waals surface area (Å²) < 4.78 is 0. The van der Waals surface area contributed by atoms with Crippen molar-refractivity contribution in [1.29, 1.82) is 5.41 Å². The quantitative estimate of drug-likeness (QED) is 0.337. The molecular formula is C24H23ClN4O2. The zero-order chi connectivity index (χ0) is 22.5. The Hall–Kier alpha value is -3.51. The average Bonchev–Trinajstić information content (AvgIpc) is 2.76. The summed E-state index contributed by atoms with van der Waals surface area (Å²) in [5.74, 6) is 0.306. The lowest BCUT2D eigenvalue weighted by Crippen LogP contribution is -2.21. The van der Waals surface area contributed by atoms with Crippen molar-refractivity contribution < 1.29 is 9.59 Å². The molecule has 0 fully saturated rings. The van der Waals surface area contributed by atoms with Gasteiger partial charge in [0.1, 0.15) is 11.7 Å². The molecule has 0 unspecified atom stereocenters. The van der Waals surface area contributed by atoms with E-state index in [1.807, 2.05) is 13.0 Å². The minimum absolute atomic E-state index is 0.0849. The molecule has 2 N–H and O–H groups in total. The molecule has 0 atom stereocenters. The first kappa shape index (κ1) is 22.2. The van der Waals surface area contributed by atoms with Crippen LogP contribution in [0.25, 0.3) is 0 Å². The Kier molecular flexibility index (Phi) is 6.82. The molecule has 1 amide bonds. The number of amidine groups is 1. The Morgan fingerprint density at radius 2 is 1.71 bits per heavy atom. The van der Waals surface area contributed by atoms with Crippen LogP contribution in [-0.4, -0.2) is 41.5 Å². The second-order valence-electron chi connectivity index (χ2n) is 7.40. The van der Waals surface area contributed by atoms with Crippen LogP contribution >= 0.6 is 11.6 Å². The minimum atomic E-state index is -0.337. The van der Waals surface area contributed by atoms with Gasteiger partial charge < -0.3 is 10.2 Å². The normalized spacial score (nSPS) is 10.5. The zero-order valence-electron chi connectivity index (χ0n) is 17.6. The number of carbonyl (C=O) groups is 2. The summed E-state index contributed by atoms with van der Waals surface area (Å²) in [6.07, 6.45) is 1.54. The first-order chi connectivity index (χ1) is 14.7. The van der Waals surface area contributed by atoms with E-state index < -0.39 is 0 Å². The van der Waals surface area contributed by atoms with Crippen molar-refractivity contribution in [3.63, 3.8) is 0 Å². The number of anilines is 1. The van der Waals surface area contributed by atoms with Gasteiger partial charge in [-0.15, -0.1) is 0 Å². The predicted octanol–water partition coefficient (Wildman–Crippen LogP) is 4.61. The van der Waals surface area contributed by atoms with E-state index in [9.17, 15) is 9.59 Å². The smallest absolute Gasteiger partial charge is 0.257 e. The lowest BCUT2D eigenvalue weighted by Gasteiger charge is -2.14. The molecule has 0 aliphatic rings. The van der Waals surface area contributed by atoms with Crippen LogP contribution < -0.4 is 5.32 Å². The average molecular weight is 435 g/mol. The van der Waals surface area contributed by atoms with Crippen molar-refractivity contribution in [2.75, 3.05) is 19.4 Å². The number of hydrogen-bond acceptors (Lipinski definition) is 4. The number of carbonyl (C=O) groups excluding carboxylic acids is 2. The minimum Gasteiger partial charge on any atom is -0.363 e. The number of aromatic nitrogens is 1. The summed E-state index contributed by atoms with van der Waals surface area (Å²) in [7, 11) is 3.59. The molecule has 3 aromatic rings. The summed E-state index contributed by atoms with van der Waals surface area (Å²) >= 11 is 5.84. The molecule has 1 heterocycles. The standard InChI is InChI=1S/C24H23ClN4O2/c1-15-4-5-18(20(12-15)24(31)28-22-11-10-19(25)14-27-22)13-21(30)16-6-8-17(9-7-16)23(26)29(2)3/h4-12,14,26H,13H2,1-3H3,(H,27,28,31). The van der Waals surface area contributed by atoms with E-state index in [0.717, 1.165) is 11.1 Å². The Morgan fingerprint density at radius 1 is 1.03 bits per heavy atom. The van der Waals surface area contributed by atoms with E-state index in [0.29, 0.717) is 33.4 Å². The molecule has 3 rings (SSSR count). The number of aryl methyl sites for hydroxylation is 1. The Labute approximate surface area is 186 Å². The molecule has 31 heavy (non-hydrogen) atoms. The maximum absolute atomic E-state index is 12.9. The van der Waals surface area contributed by atoms with Gasteiger partial charge in [0, 0.05) is 43.4 Å². The van der Waals surface area contributed by atoms with Crippen LogP contribution in [0.1, 0.15) is 37.4 Å². The Morgan fingerprint density at radius 3 is 2.32 bits per heavy atom. The summed E-state index contributed by atoms with van der Waals surface area (Å²) in [4.78, 5) is 31.5. The van der Waals surface area contributed by atoms with Crippen molar-refractivity contribution in [3.8, 4) is 0 Å². The molecular weight excluding hydrogens is 412 g/mol. The number of nitrogens with one attached hydrogen (secondary N) is 2. The maximum atomic E-state index is 12.9. The van der Waals surface area contributed by atoms with Crippen LogP contribution in [-0.2, 0) is 6.42 Å². The van der Waals surface area contributed by atoms with Crippen molar-refractivity contribution in [2.45, 2.75) is 13.3 Å². The molecule has 0 aliphatic heterocycles. The number of pyridine rings is 1. The van der Waals surface area contributed by atoms with Gasteiger partial charge in [-0.05, 0) is 30.7 Å². The highest BCUT2D eigenvalue weighted by Gasteiger charge is 2.16. The van der Waals surface area contributed by atoms with E-state index in [1.54, 1.807) is 67.5 Å². The first-order valence-electron chi connectivity index (χ1n) is 9.66. The summed E-state index contributed by atoms with van der Waals surface area (Å²) in [5, 5.41) is 11.3. The van der Waals surface area contributed by atoms with Gasteiger partial charge in [0.2, 0.25) is 0 Å². The molecule has 2 aromatic carbocycles. The number of amides is 1. The fourth-order valence-electron chi connectivity index (χ4n) is 3.04. The van der Waals surface area contributed by atoms with Gasteiger partial charge >= 0.3 is 0 Å². The number of rotatable bonds is 6. The van der Waals surface area contributed by atoms with Crippen LogP contribution in [0.15, 0.2) is 60.8 Å². The van der Waals surface area contributed by atoms with Crippen molar-refractivity contribution >= 4 is 34.9 Å². The third kappa shape index (κ3) is 5.55. The monoisotopic (exact) mass is 434 g/mol. The molecule has 0 radical (unpaired) electrons. The van der Waals surface area contributed by atoms with E-state index in [2.05, 4.69) is 10.3 Å². The van der Waals surface area contributed by atoms with Gasteiger partial charge in [-0.3, -0.25) is 15.0 Å². The summed E-state index contributed by atoms with van der Waals surface area (Å²) in [6.45, 7) is 1.89. The Balaban J connectivity index is 1.80. The van der Waals surface area contributed by atoms with Gasteiger partial charge in [-0.1, -0.05) is 53.6 Å². The van der Waals surface area contributed by atoms with Crippen LogP contribution in [0.5, 0.6) is 0 Å². The third-order valence-electron chi connectivity index (χ3n) is 4.76. The molecule has 0 aliphatic carbocycles. The number of halogens is 1. The van der Waals surface area contributed by atoms with Gasteiger partial charge in [-0.2, -0.15) is 0 Å². The number of ketones is 1. The van der Waals surface area contributed by atoms with Gasteiger partial charge in [-0.25, -0.2) is 4.98 Å². The van der Waals surface area contributed by atoms with E-state index in [4.69, 9.17) is 17.0 Å². The topological polar surface area (TPSA) is 86.2 Å². The van der Waals surface area contributed by atoms with Gasteiger partial charge in [0.25, 0.3) is 5.91 Å². The molecule has 6 nitrogen and oxygen atoms in total. The van der Waals surface area contributed by atoms with Gasteiger partial charge in [0.15, 0.2) is 5.78 Å². The van der Waals surface area contributed by atoms with E-state index in [-0.39, 0.29) is 18.1 Å². The maximum Gasteiger partial charge on any atom is 0.257 e. The number of benzene rings is 2. The number of Topliss-reactive ketones (excluding diaryl/α,β-unsaturated/α-hetero) is 1. The zero-order valence-corrected chi connectivity index (χ0v) is 18.3. The lowest BCUT2D eigenvalue weighted by atomic mass is 9.96. The highest BCUT2D eigenvalue weighted by atomic mass is 35.5. The van der Waals surface area contributed by atoms with E-state index >= 15 is 0 Å². The second kappa shape index (κ2) is 9.53. The largest absolute Gasteiger partial charge is 0.363 e. The highest BCUT2D eigenvalue weighted by Crippen LogP contribution is 2.18. The molecule has 158 valence electrons. The van der Waals surface area contributed by atoms with Crippen molar-refractivity contribution in [2.24, 2.45) is 0 Å². The molecule has 0 bridgehead atoms. The van der Waals surface area contributed by atoms with Crippen LogP contribution in [0, 0.1) is 12.3 Å². The molecule has 7 heteroatoms. The summed E-state index contributed by atoms with van der Waals surface area (Å²) in [6, 6.07) is 15.6. The number of hydrogen-bond donors (Lipinski definition) is 2. The van der Waals surface area contributed by atoms with Crippen molar-refractivity contribution in [1.82, 2.24) is 9.88 Å². The number of nitrogens with zero attached hydrogens (tertiary/aromatic N) is 2. The fourth-order valence-corrected chi connectivity index (χ4v) is 3.15.